The molecule has 0 saturated heterocycles. The van der Waals surface area contributed by atoms with Gasteiger partial charge in [0.25, 0.3) is 0 Å². The average Bonchev–Trinajstić information content (AvgIpc) is 2.77. The first-order valence-corrected chi connectivity index (χ1v) is 13.5. The van der Waals surface area contributed by atoms with Crippen LogP contribution in [0.4, 0.5) is 5.69 Å². The maximum atomic E-state index is 13.8. The highest BCUT2D eigenvalue weighted by atomic mass is 32.2. The van der Waals surface area contributed by atoms with Gasteiger partial charge in [-0.15, -0.1) is 0 Å². The number of carbonyl (C=O) groups excluding carboxylic acids is 2. The van der Waals surface area contributed by atoms with Crippen molar-refractivity contribution in [2.75, 3.05) is 24.2 Å². The smallest absolute Gasteiger partial charge is 0.244 e. The molecule has 0 aliphatic heterocycles. The van der Waals surface area contributed by atoms with Gasteiger partial charge >= 0.3 is 0 Å². The molecule has 8 nitrogen and oxygen atoms in total. The van der Waals surface area contributed by atoms with Gasteiger partial charge in [-0.1, -0.05) is 37.3 Å². The minimum atomic E-state index is -3.78. The van der Waals surface area contributed by atoms with Crippen LogP contribution in [0.25, 0.3) is 0 Å². The summed E-state index contributed by atoms with van der Waals surface area (Å²) in [7, 11) is -2.22. The van der Waals surface area contributed by atoms with Gasteiger partial charge in [-0.05, 0) is 62.9 Å². The van der Waals surface area contributed by atoms with Crippen molar-refractivity contribution in [1.82, 2.24) is 10.2 Å². The number of amides is 2. The van der Waals surface area contributed by atoms with Crippen molar-refractivity contribution in [2.24, 2.45) is 0 Å². The Morgan fingerprint density at radius 1 is 1.06 bits per heavy atom. The molecule has 2 aromatic rings. The predicted octanol–water partition coefficient (Wildman–Crippen LogP) is 3.41. The fraction of sp³-hybridized carbons (Fsp3) is 0.462. The zero-order valence-corrected chi connectivity index (χ0v) is 22.5. The Labute approximate surface area is 209 Å². The SMILES string of the molecule is CC[C@@H](C(=O)NC(C)C)N(Cc1cccc(OC)c1)C(=O)CN(c1c(C)cccc1C)S(C)(=O)=O. The molecule has 0 bridgehead atoms. The first-order valence-electron chi connectivity index (χ1n) is 11.7. The lowest BCUT2D eigenvalue weighted by atomic mass is 10.1. The van der Waals surface area contributed by atoms with Gasteiger partial charge in [0.2, 0.25) is 21.8 Å². The van der Waals surface area contributed by atoms with Crippen LogP contribution in [0, 0.1) is 13.8 Å². The third kappa shape index (κ3) is 7.45. The molecule has 35 heavy (non-hydrogen) atoms. The normalized spacial score (nSPS) is 12.2. The first-order chi connectivity index (χ1) is 16.4. The standard InChI is InChI=1S/C26H37N3O5S/c1-8-23(26(31)27-18(2)3)28(16-21-13-10-14-22(15-21)34-6)24(30)17-29(35(7,32)33)25-19(4)11-9-12-20(25)5/h9-15,18,23H,8,16-17H2,1-7H3,(H,27,31)/t23-/m0/s1. The van der Waals surface area contributed by atoms with Gasteiger partial charge in [-0.25, -0.2) is 8.42 Å². The molecule has 1 atom stereocenters. The summed E-state index contributed by atoms with van der Waals surface area (Å²) < 4.78 is 32.1. The fourth-order valence-corrected chi connectivity index (χ4v) is 5.01. The quantitative estimate of drug-likeness (QED) is 0.507. The molecule has 0 unspecified atom stereocenters. The molecule has 1 N–H and O–H groups in total. The van der Waals surface area contributed by atoms with Gasteiger partial charge in [0.15, 0.2) is 0 Å². The molecule has 0 aliphatic carbocycles. The topological polar surface area (TPSA) is 96.0 Å². The number of aryl methyl sites for hydroxylation is 2. The summed E-state index contributed by atoms with van der Waals surface area (Å²) in [4.78, 5) is 28.3. The minimum absolute atomic E-state index is 0.104. The molecule has 2 rings (SSSR count). The van der Waals surface area contributed by atoms with E-state index >= 15 is 0 Å². The van der Waals surface area contributed by atoms with Crippen molar-refractivity contribution < 1.29 is 22.7 Å². The van der Waals surface area contributed by atoms with Gasteiger partial charge < -0.3 is 15.0 Å². The number of nitrogens with zero attached hydrogens (tertiary/aromatic N) is 2. The number of methoxy groups -OCH3 is 1. The summed E-state index contributed by atoms with van der Waals surface area (Å²) in [6.45, 7) is 8.87. The second kappa shape index (κ2) is 12.1. The largest absolute Gasteiger partial charge is 0.497 e. The number of nitrogens with one attached hydrogen (secondary N) is 1. The molecule has 0 spiro atoms. The van der Waals surface area contributed by atoms with Gasteiger partial charge in [0, 0.05) is 12.6 Å². The van der Waals surface area contributed by atoms with Gasteiger partial charge in [0.1, 0.15) is 18.3 Å². The number of hydrogen-bond donors (Lipinski definition) is 1. The molecular formula is C26H37N3O5S. The van der Waals surface area contributed by atoms with Crippen molar-refractivity contribution in [2.45, 2.75) is 59.7 Å². The van der Waals surface area contributed by atoms with E-state index in [1.165, 1.54) is 4.90 Å². The molecule has 0 radical (unpaired) electrons. The Morgan fingerprint density at radius 2 is 1.66 bits per heavy atom. The highest BCUT2D eigenvalue weighted by molar-refractivity contribution is 7.92. The average molecular weight is 504 g/mol. The Balaban J connectivity index is 2.51. The Kier molecular flexibility index (Phi) is 9.71. The van der Waals surface area contributed by atoms with Crippen LogP contribution < -0.4 is 14.4 Å². The van der Waals surface area contributed by atoms with Crippen molar-refractivity contribution in [3.05, 3.63) is 59.2 Å². The zero-order valence-electron chi connectivity index (χ0n) is 21.7. The predicted molar refractivity (Wildman–Crippen MR) is 139 cm³/mol. The van der Waals surface area contributed by atoms with E-state index < -0.39 is 28.5 Å². The van der Waals surface area contributed by atoms with Crippen molar-refractivity contribution in [1.29, 1.82) is 0 Å². The summed E-state index contributed by atoms with van der Waals surface area (Å²) in [6, 6.07) is 11.8. The number of rotatable bonds is 11. The third-order valence-electron chi connectivity index (χ3n) is 5.67. The number of para-hydroxylation sites is 1. The number of anilines is 1. The number of carbonyl (C=O) groups is 2. The summed E-state index contributed by atoms with van der Waals surface area (Å²) in [5, 5.41) is 2.88. The Morgan fingerprint density at radius 3 is 2.17 bits per heavy atom. The monoisotopic (exact) mass is 503 g/mol. The van der Waals surface area contributed by atoms with Gasteiger partial charge in [-0.3, -0.25) is 13.9 Å². The number of ether oxygens (including phenoxy) is 1. The van der Waals surface area contributed by atoms with Crippen molar-refractivity contribution in [3.8, 4) is 5.75 Å². The maximum absolute atomic E-state index is 13.8. The van der Waals surface area contributed by atoms with E-state index in [-0.39, 0.29) is 18.5 Å². The van der Waals surface area contributed by atoms with Gasteiger partial charge in [0.05, 0.1) is 19.1 Å². The van der Waals surface area contributed by atoms with E-state index in [1.807, 2.05) is 65.0 Å². The molecule has 0 saturated carbocycles. The lowest BCUT2D eigenvalue weighted by Crippen LogP contribution is -2.53. The molecule has 2 amide bonds. The van der Waals surface area contributed by atoms with Crippen LogP contribution in [0.15, 0.2) is 42.5 Å². The third-order valence-corrected chi connectivity index (χ3v) is 6.78. The lowest BCUT2D eigenvalue weighted by Gasteiger charge is -2.34. The second-order valence-electron chi connectivity index (χ2n) is 8.97. The molecule has 0 aromatic heterocycles. The van der Waals surface area contributed by atoms with Crippen LogP contribution in [0.1, 0.15) is 43.9 Å². The lowest BCUT2D eigenvalue weighted by molar-refractivity contribution is -0.140. The van der Waals surface area contributed by atoms with E-state index in [0.29, 0.717) is 17.9 Å². The van der Waals surface area contributed by atoms with Crippen LogP contribution in [0.5, 0.6) is 5.75 Å². The highest BCUT2D eigenvalue weighted by Gasteiger charge is 2.32. The Hall–Kier alpha value is -3.07. The minimum Gasteiger partial charge on any atom is -0.497 e. The van der Waals surface area contributed by atoms with Crippen LogP contribution in [-0.2, 0) is 26.2 Å². The van der Waals surface area contributed by atoms with Crippen LogP contribution in [0.2, 0.25) is 0 Å². The molecule has 2 aromatic carbocycles. The number of sulfonamides is 1. The summed E-state index contributed by atoms with van der Waals surface area (Å²) in [5.74, 6) is -0.119. The molecule has 0 heterocycles. The van der Waals surface area contributed by atoms with E-state index in [2.05, 4.69) is 5.32 Å². The van der Waals surface area contributed by atoms with E-state index in [9.17, 15) is 18.0 Å². The van der Waals surface area contributed by atoms with Crippen molar-refractivity contribution >= 4 is 27.5 Å². The highest BCUT2D eigenvalue weighted by Crippen LogP contribution is 2.27. The van der Waals surface area contributed by atoms with Crippen LogP contribution in [0.3, 0.4) is 0 Å². The summed E-state index contributed by atoms with van der Waals surface area (Å²) >= 11 is 0. The van der Waals surface area contributed by atoms with E-state index in [1.54, 1.807) is 19.2 Å². The molecule has 0 fully saturated rings. The second-order valence-corrected chi connectivity index (χ2v) is 10.9. The zero-order chi connectivity index (χ0) is 26.3. The van der Waals surface area contributed by atoms with Crippen LogP contribution >= 0.6 is 0 Å². The van der Waals surface area contributed by atoms with Gasteiger partial charge in [-0.2, -0.15) is 0 Å². The number of hydrogen-bond acceptors (Lipinski definition) is 5. The molecule has 0 aliphatic rings. The molecule has 9 heteroatoms. The summed E-state index contributed by atoms with van der Waals surface area (Å²) in [5.41, 5.74) is 2.73. The fourth-order valence-electron chi connectivity index (χ4n) is 4.04. The number of benzene rings is 2. The summed E-state index contributed by atoms with van der Waals surface area (Å²) in [6.07, 6.45) is 1.46. The maximum Gasteiger partial charge on any atom is 0.244 e. The Bertz CT molecular complexity index is 1130. The molecule has 192 valence electrons. The van der Waals surface area contributed by atoms with Crippen LogP contribution in [-0.4, -0.2) is 57.1 Å². The van der Waals surface area contributed by atoms with Crippen molar-refractivity contribution in [3.63, 3.8) is 0 Å². The van der Waals surface area contributed by atoms with E-state index in [4.69, 9.17) is 4.74 Å². The first kappa shape index (κ1) is 28.2. The van der Waals surface area contributed by atoms with E-state index in [0.717, 1.165) is 27.3 Å². The molecular weight excluding hydrogens is 466 g/mol.